The van der Waals surface area contributed by atoms with Gasteiger partial charge in [-0.15, -0.1) is 22.7 Å². The zero-order valence-corrected chi connectivity index (χ0v) is 12.2. The van der Waals surface area contributed by atoms with Crippen LogP contribution in [-0.2, 0) is 0 Å². The molecule has 0 aromatic carbocycles. The summed E-state index contributed by atoms with van der Waals surface area (Å²) in [4.78, 5) is 3.56. The van der Waals surface area contributed by atoms with Crippen LogP contribution < -0.4 is 10.5 Å². The maximum Gasteiger partial charge on any atom is 0.129 e. The summed E-state index contributed by atoms with van der Waals surface area (Å²) in [7, 11) is 1.67. The van der Waals surface area contributed by atoms with Crippen molar-refractivity contribution in [2.45, 2.75) is 13.0 Å². The molecular weight excluding hydrogens is 306 g/mol. The molecule has 5 heteroatoms. The highest BCUT2D eigenvalue weighted by molar-refractivity contribution is 9.10. The van der Waals surface area contributed by atoms with Crippen molar-refractivity contribution in [2.24, 2.45) is 5.73 Å². The van der Waals surface area contributed by atoms with Crippen LogP contribution in [0.5, 0.6) is 5.75 Å². The van der Waals surface area contributed by atoms with Crippen LogP contribution in [-0.4, -0.2) is 7.11 Å². The molecule has 2 nitrogen and oxygen atoms in total. The molecule has 1 atom stereocenters. The fourth-order valence-corrected chi connectivity index (χ4v) is 3.91. The number of ether oxygens (including phenoxy) is 1. The molecule has 2 aromatic heterocycles. The molecule has 0 radical (unpaired) electrons. The molecule has 0 saturated carbocycles. The summed E-state index contributed by atoms with van der Waals surface area (Å²) in [6.07, 6.45) is 0. The average Bonchev–Trinajstić information content (AvgIpc) is 2.86. The summed E-state index contributed by atoms with van der Waals surface area (Å²) in [6, 6.07) is 4.04. The second kappa shape index (κ2) is 4.87. The molecule has 2 rings (SSSR count). The van der Waals surface area contributed by atoms with Crippen molar-refractivity contribution in [3.05, 3.63) is 36.6 Å². The fourth-order valence-electron chi connectivity index (χ4n) is 1.38. The highest BCUT2D eigenvalue weighted by Crippen LogP contribution is 2.35. The van der Waals surface area contributed by atoms with Crippen LogP contribution in [0, 0.1) is 6.92 Å². The molecule has 0 aliphatic heterocycles. The number of halogens is 1. The Morgan fingerprint density at radius 2 is 2.12 bits per heavy atom. The first kappa shape index (κ1) is 12.1. The molecule has 86 valence electrons. The van der Waals surface area contributed by atoms with Gasteiger partial charge in [-0.25, -0.2) is 0 Å². The maximum absolute atomic E-state index is 6.21. The molecule has 0 fully saturated rings. The summed E-state index contributed by atoms with van der Waals surface area (Å²) in [6.45, 7) is 2.08. The van der Waals surface area contributed by atoms with Crippen LogP contribution in [0.2, 0.25) is 0 Å². The standard InChI is InChI=1S/C11H12BrNOS2/c1-6-8(12)4-10(16-6)11(13)9-3-7(14-2)5-15-9/h3-5,11H,13H2,1-2H3. The summed E-state index contributed by atoms with van der Waals surface area (Å²) >= 11 is 6.87. The summed E-state index contributed by atoms with van der Waals surface area (Å²) in [5.41, 5.74) is 6.21. The Morgan fingerprint density at radius 3 is 2.62 bits per heavy atom. The number of hydrogen-bond acceptors (Lipinski definition) is 4. The third kappa shape index (κ3) is 2.32. The Balaban J connectivity index is 2.27. The van der Waals surface area contributed by atoms with Crippen molar-refractivity contribution >= 4 is 38.6 Å². The largest absolute Gasteiger partial charge is 0.496 e. The van der Waals surface area contributed by atoms with Gasteiger partial charge < -0.3 is 10.5 Å². The van der Waals surface area contributed by atoms with Gasteiger partial charge in [0.25, 0.3) is 0 Å². The lowest BCUT2D eigenvalue weighted by Gasteiger charge is -2.05. The van der Waals surface area contributed by atoms with Gasteiger partial charge in [-0.05, 0) is 35.0 Å². The molecule has 0 saturated heterocycles. The van der Waals surface area contributed by atoms with Gasteiger partial charge >= 0.3 is 0 Å². The topological polar surface area (TPSA) is 35.2 Å². The van der Waals surface area contributed by atoms with Crippen LogP contribution in [0.4, 0.5) is 0 Å². The van der Waals surface area contributed by atoms with E-state index in [-0.39, 0.29) is 6.04 Å². The van der Waals surface area contributed by atoms with Crippen molar-refractivity contribution in [1.82, 2.24) is 0 Å². The number of aryl methyl sites for hydroxylation is 1. The molecule has 0 aliphatic rings. The first-order valence-corrected chi connectivity index (χ1v) is 7.24. The smallest absolute Gasteiger partial charge is 0.129 e. The summed E-state index contributed by atoms with van der Waals surface area (Å²) in [5, 5.41) is 1.98. The Morgan fingerprint density at radius 1 is 1.38 bits per heavy atom. The predicted octanol–water partition coefficient (Wildman–Crippen LogP) is 3.94. The third-order valence-corrected chi connectivity index (χ3v) is 5.53. The van der Waals surface area contributed by atoms with E-state index in [2.05, 4.69) is 28.9 Å². The van der Waals surface area contributed by atoms with Crippen molar-refractivity contribution in [3.63, 3.8) is 0 Å². The van der Waals surface area contributed by atoms with E-state index >= 15 is 0 Å². The Labute approximate surface area is 111 Å². The minimum absolute atomic E-state index is 0.0519. The normalized spacial score (nSPS) is 12.8. The highest BCUT2D eigenvalue weighted by atomic mass is 79.9. The highest BCUT2D eigenvalue weighted by Gasteiger charge is 2.15. The van der Waals surface area contributed by atoms with E-state index < -0.39 is 0 Å². The Hall–Kier alpha value is -0.360. The van der Waals surface area contributed by atoms with Crippen LogP contribution in [0.3, 0.4) is 0 Å². The minimum Gasteiger partial charge on any atom is -0.496 e. The number of methoxy groups -OCH3 is 1. The lowest BCUT2D eigenvalue weighted by molar-refractivity contribution is 0.416. The minimum atomic E-state index is -0.0519. The molecule has 16 heavy (non-hydrogen) atoms. The lowest BCUT2D eigenvalue weighted by Crippen LogP contribution is -2.07. The van der Waals surface area contributed by atoms with E-state index in [4.69, 9.17) is 10.5 Å². The van der Waals surface area contributed by atoms with E-state index in [9.17, 15) is 0 Å². The van der Waals surface area contributed by atoms with Gasteiger partial charge in [0.15, 0.2) is 0 Å². The second-order valence-corrected chi connectivity index (χ2v) is 6.50. The van der Waals surface area contributed by atoms with Crippen LogP contribution >= 0.6 is 38.6 Å². The van der Waals surface area contributed by atoms with Gasteiger partial charge in [-0.2, -0.15) is 0 Å². The van der Waals surface area contributed by atoms with Crippen LogP contribution in [0.15, 0.2) is 22.0 Å². The van der Waals surface area contributed by atoms with Crippen molar-refractivity contribution in [3.8, 4) is 5.75 Å². The Kier molecular flexibility index (Phi) is 3.69. The number of thiophene rings is 2. The molecular formula is C11H12BrNOS2. The van der Waals surface area contributed by atoms with Gasteiger partial charge in [-0.3, -0.25) is 0 Å². The summed E-state index contributed by atoms with van der Waals surface area (Å²) in [5.74, 6) is 0.878. The maximum atomic E-state index is 6.21. The quantitative estimate of drug-likeness (QED) is 0.930. The molecule has 0 aliphatic carbocycles. The van der Waals surface area contributed by atoms with Crippen molar-refractivity contribution < 1.29 is 4.74 Å². The molecule has 0 bridgehead atoms. The first-order chi connectivity index (χ1) is 7.61. The number of nitrogens with two attached hydrogens (primary N) is 1. The van der Waals surface area contributed by atoms with Gasteiger partial charge in [0.05, 0.1) is 13.2 Å². The second-order valence-electron chi connectivity index (χ2n) is 3.42. The van der Waals surface area contributed by atoms with Gasteiger partial charge in [-0.1, -0.05) is 0 Å². The van der Waals surface area contributed by atoms with E-state index in [1.54, 1.807) is 29.8 Å². The predicted molar refractivity (Wildman–Crippen MR) is 73.7 cm³/mol. The third-order valence-electron chi connectivity index (χ3n) is 2.32. The molecule has 1 unspecified atom stereocenters. The van der Waals surface area contributed by atoms with E-state index in [1.807, 2.05) is 11.4 Å². The zero-order chi connectivity index (χ0) is 11.7. The van der Waals surface area contributed by atoms with E-state index in [0.29, 0.717) is 0 Å². The van der Waals surface area contributed by atoms with Crippen LogP contribution in [0.1, 0.15) is 20.7 Å². The van der Waals surface area contributed by atoms with Gasteiger partial charge in [0, 0.05) is 24.5 Å². The van der Waals surface area contributed by atoms with Gasteiger partial charge in [0.2, 0.25) is 0 Å². The molecule has 2 N–H and O–H groups in total. The zero-order valence-electron chi connectivity index (χ0n) is 8.99. The summed E-state index contributed by atoms with van der Waals surface area (Å²) < 4.78 is 6.29. The van der Waals surface area contributed by atoms with E-state index in [1.165, 1.54) is 9.75 Å². The van der Waals surface area contributed by atoms with Crippen molar-refractivity contribution in [1.29, 1.82) is 0 Å². The number of rotatable bonds is 3. The SMILES string of the molecule is COc1csc(C(N)c2cc(Br)c(C)s2)c1. The monoisotopic (exact) mass is 317 g/mol. The fraction of sp³-hybridized carbons (Fsp3) is 0.273. The van der Waals surface area contributed by atoms with Gasteiger partial charge in [0.1, 0.15) is 5.75 Å². The molecule has 2 heterocycles. The molecule has 0 amide bonds. The van der Waals surface area contributed by atoms with Crippen LogP contribution in [0.25, 0.3) is 0 Å². The van der Waals surface area contributed by atoms with Crippen molar-refractivity contribution in [2.75, 3.05) is 7.11 Å². The molecule has 0 spiro atoms. The Bertz CT molecular complexity index is 472. The lowest BCUT2D eigenvalue weighted by atomic mass is 10.2. The molecule has 2 aromatic rings. The number of hydrogen-bond donors (Lipinski definition) is 1. The first-order valence-electron chi connectivity index (χ1n) is 4.75. The average molecular weight is 318 g/mol. The van der Waals surface area contributed by atoms with E-state index in [0.717, 1.165) is 15.1 Å².